The Labute approximate surface area is 150 Å². The van der Waals surface area contributed by atoms with Crippen molar-refractivity contribution in [2.45, 2.75) is 16.3 Å². The van der Waals surface area contributed by atoms with Gasteiger partial charge in [-0.2, -0.15) is 4.31 Å². The maximum absolute atomic E-state index is 12.7. The van der Waals surface area contributed by atoms with Crippen molar-refractivity contribution in [2.24, 2.45) is 0 Å². The maximum Gasteiger partial charge on any atom is 0.243 e. The number of methoxy groups -OCH3 is 1. The Morgan fingerprint density at radius 2 is 1.83 bits per heavy atom. The number of thioether (sulfide) groups is 1. The third-order valence-electron chi connectivity index (χ3n) is 3.40. The number of hydrogen-bond acceptors (Lipinski definition) is 4. The maximum atomic E-state index is 12.7. The third kappa shape index (κ3) is 4.29. The lowest BCUT2D eigenvalue weighted by atomic mass is 10.2. The van der Waals surface area contributed by atoms with E-state index in [2.05, 4.69) is 15.9 Å². The molecule has 23 heavy (non-hydrogen) atoms. The fourth-order valence-corrected chi connectivity index (χ4v) is 4.35. The molecule has 0 aliphatic carbocycles. The summed E-state index contributed by atoms with van der Waals surface area (Å²) in [6.45, 7) is 0.320. The summed E-state index contributed by atoms with van der Waals surface area (Å²) in [6.07, 6.45) is 2.01. The fraction of sp³-hybridized carbons (Fsp3) is 0.250. The van der Waals surface area contributed by atoms with E-state index in [1.165, 1.54) is 4.31 Å². The summed E-state index contributed by atoms with van der Waals surface area (Å²) in [5.74, 6) is 0.597. The van der Waals surface area contributed by atoms with Crippen molar-refractivity contribution in [3.63, 3.8) is 0 Å². The van der Waals surface area contributed by atoms with Crippen molar-refractivity contribution in [3.05, 3.63) is 52.5 Å². The van der Waals surface area contributed by atoms with E-state index in [4.69, 9.17) is 4.74 Å². The summed E-state index contributed by atoms with van der Waals surface area (Å²) in [6, 6.07) is 12.6. The minimum atomic E-state index is -3.56. The molecule has 0 saturated carbocycles. The zero-order valence-corrected chi connectivity index (χ0v) is 16.3. The van der Waals surface area contributed by atoms with Crippen molar-refractivity contribution < 1.29 is 13.2 Å². The Bertz CT molecular complexity index is 776. The summed E-state index contributed by atoms with van der Waals surface area (Å²) in [4.78, 5) is 1.38. The SMILES string of the molecule is COc1ccc(S(=O)(=O)N(C)Cc2ccc(SC)cc2)cc1Br. The zero-order chi connectivity index (χ0) is 17.0. The molecule has 0 aliphatic heterocycles. The molecule has 4 nitrogen and oxygen atoms in total. The van der Waals surface area contributed by atoms with Gasteiger partial charge in [0.2, 0.25) is 10.0 Å². The van der Waals surface area contributed by atoms with Crippen LogP contribution in [0.15, 0.2) is 56.7 Å². The van der Waals surface area contributed by atoms with Crippen LogP contribution in [-0.4, -0.2) is 33.1 Å². The van der Waals surface area contributed by atoms with Gasteiger partial charge in [-0.05, 0) is 58.1 Å². The van der Waals surface area contributed by atoms with Crippen molar-refractivity contribution in [1.29, 1.82) is 0 Å². The van der Waals surface area contributed by atoms with E-state index < -0.39 is 10.0 Å². The van der Waals surface area contributed by atoms with Crippen LogP contribution in [0.25, 0.3) is 0 Å². The first kappa shape index (κ1) is 18.3. The highest BCUT2D eigenvalue weighted by molar-refractivity contribution is 9.10. The lowest BCUT2D eigenvalue weighted by molar-refractivity contribution is 0.411. The molecule has 0 aromatic heterocycles. The smallest absolute Gasteiger partial charge is 0.243 e. The summed E-state index contributed by atoms with van der Waals surface area (Å²) in [5.41, 5.74) is 0.946. The molecule has 2 rings (SSSR count). The Balaban J connectivity index is 2.22. The van der Waals surface area contributed by atoms with E-state index in [9.17, 15) is 8.42 Å². The molecule has 0 fully saturated rings. The van der Waals surface area contributed by atoms with Gasteiger partial charge in [-0.25, -0.2) is 8.42 Å². The van der Waals surface area contributed by atoms with Crippen LogP contribution in [0.3, 0.4) is 0 Å². The van der Waals surface area contributed by atoms with Crippen LogP contribution in [0.5, 0.6) is 5.75 Å². The molecule has 0 atom stereocenters. The monoisotopic (exact) mass is 415 g/mol. The fourth-order valence-electron chi connectivity index (χ4n) is 2.06. The lowest BCUT2D eigenvalue weighted by Gasteiger charge is -2.18. The molecule has 124 valence electrons. The van der Waals surface area contributed by atoms with Gasteiger partial charge < -0.3 is 4.74 Å². The first-order chi connectivity index (χ1) is 10.9. The molecule has 0 saturated heterocycles. The van der Waals surface area contributed by atoms with Crippen LogP contribution in [0.2, 0.25) is 0 Å². The van der Waals surface area contributed by atoms with Gasteiger partial charge >= 0.3 is 0 Å². The molecule has 0 aliphatic rings. The van der Waals surface area contributed by atoms with E-state index >= 15 is 0 Å². The second kappa shape index (κ2) is 7.70. The van der Waals surface area contributed by atoms with Gasteiger partial charge in [-0.3, -0.25) is 0 Å². The summed E-state index contributed by atoms with van der Waals surface area (Å²) >= 11 is 4.98. The minimum Gasteiger partial charge on any atom is -0.496 e. The lowest BCUT2D eigenvalue weighted by Crippen LogP contribution is -2.26. The number of sulfonamides is 1. The first-order valence-corrected chi connectivity index (χ1v) is 10.3. The van der Waals surface area contributed by atoms with Crippen LogP contribution in [0.1, 0.15) is 5.56 Å². The van der Waals surface area contributed by atoms with Crippen LogP contribution < -0.4 is 4.74 Å². The largest absolute Gasteiger partial charge is 0.496 e. The number of benzene rings is 2. The Kier molecular flexibility index (Phi) is 6.13. The normalized spacial score (nSPS) is 11.7. The second-order valence-corrected chi connectivity index (χ2v) is 8.68. The topological polar surface area (TPSA) is 46.6 Å². The van der Waals surface area contributed by atoms with Gasteiger partial charge in [-0.15, -0.1) is 11.8 Å². The van der Waals surface area contributed by atoms with Crippen molar-refractivity contribution in [2.75, 3.05) is 20.4 Å². The Morgan fingerprint density at radius 1 is 1.17 bits per heavy atom. The molecular formula is C16H18BrNO3S2. The van der Waals surface area contributed by atoms with E-state index in [0.29, 0.717) is 16.8 Å². The van der Waals surface area contributed by atoms with Crippen molar-refractivity contribution in [3.8, 4) is 5.75 Å². The van der Waals surface area contributed by atoms with Gasteiger partial charge in [0.25, 0.3) is 0 Å². The summed E-state index contributed by atoms with van der Waals surface area (Å²) in [7, 11) is -0.438. The Hall–Kier alpha value is -1.02. The average molecular weight is 416 g/mol. The predicted molar refractivity (Wildman–Crippen MR) is 97.6 cm³/mol. The molecule has 2 aromatic rings. The molecule has 0 bridgehead atoms. The van der Waals surface area contributed by atoms with Gasteiger partial charge in [-0.1, -0.05) is 12.1 Å². The second-order valence-electron chi connectivity index (χ2n) is 4.91. The number of rotatable bonds is 6. The zero-order valence-electron chi connectivity index (χ0n) is 13.1. The predicted octanol–water partition coefficient (Wildman–Crippen LogP) is 4.00. The highest BCUT2D eigenvalue weighted by Crippen LogP contribution is 2.29. The minimum absolute atomic E-state index is 0.230. The molecule has 2 aromatic carbocycles. The standard InChI is InChI=1S/C16H18BrNO3S2/c1-18(11-12-4-6-13(22-3)7-5-12)23(19,20)14-8-9-16(21-2)15(17)10-14/h4-10H,11H2,1-3H3. The number of nitrogens with zero attached hydrogens (tertiary/aromatic N) is 1. The van der Waals surface area contributed by atoms with Crippen LogP contribution in [0, 0.1) is 0 Å². The van der Waals surface area contributed by atoms with Crippen molar-refractivity contribution >= 4 is 37.7 Å². The average Bonchev–Trinajstić information content (AvgIpc) is 2.55. The molecule has 0 spiro atoms. The first-order valence-electron chi connectivity index (χ1n) is 6.81. The quantitative estimate of drug-likeness (QED) is 0.668. The van der Waals surface area contributed by atoms with Gasteiger partial charge in [0.05, 0.1) is 16.5 Å². The molecule has 7 heteroatoms. The van der Waals surface area contributed by atoms with E-state index in [1.54, 1.807) is 44.1 Å². The highest BCUT2D eigenvalue weighted by atomic mass is 79.9. The van der Waals surface area contributed by atoms with Crippen LogP contribution >= 0.6 is 27.7 Å². The van der Waals surface area contributed by atoms with Gasteiger partial charge in [0, 0.05) is 18.5 Å². The van der Waals surface area contributed by atoms with Crippen LogP contribution in [-0.2, 0) is 16.6 Å². The highest BCUT2D eigenvalue weighted by Gasteiger charge is 2.22. The van der Waals surface area contributed by atoms with Crippen LogP contribution in [0.4, 0.5) is 0 Å². The summed E-state index contributed by atoms with van der Waals surface area (Å²) < 4.78 is 32.4. The molecule has 0 radical (unpaired) electrons. The molecule has 0 unspecified atom stereocenters. The van der Waals surface area contributed by atoms with E-state index in [-0.39, 0.29) is 4.90 Å². The Morgan fingerprint density at radius 3 is 2.35 bits per heavy atom. The third-order valence-corrected chi connectivity index (χ3v) is 6.56. The number of ether oxygens (including phenoxy) is 1. The number of hydrogen-bond donors (Lipinski definition) is 0. The molecule has 0 heterocycles. The van der Waals surface area contributed by atoms with E-state index in [0.717, 1.165) is 10.5 Å². The molecular weight excluding hydrogens is 398 g/mol. The number of halogens is 1. The van der Waals surface area contributed by atoms with Gasteiger partial charge in [0.1, 0.15) is 5.75 Å². The summed E-state index contributed by atoms with van der Waals surface area (Å²) in [5, 5.41) is 0. The molecule has 0 amide bonds. The molecule has 0 N–H and O–H groups in total. The van der Waals surface area contributed by atoms with Crippen molar-refractivity contribution in [1.82, 2.24) is 4.31 Å². The van der Waals surface area contributed by atoms with E-state index in [1.807, 2.05) is 30.5 Å². The van der Waals surface area contributed by atoms with Gasteiger partial charge in [0.15, 0.2) is 0 Å².